The monoisotopic (exact) mass is 378 g/mol. The van der Waals surface area contributed by atoms with Crippen molar-refractivity contribution in [3.05, 3.63) is 33.3 Å². The molecule has 5 nitrogen and oxygen atoms in total. The fourth-order valence-corrected chi connectivity index (χ4v) is 3.38. The highest BCUT2D eigenvalue weighted by atomic mass is 35.5. The van der Waals surface area contributed by atoms with Crippen LogP contribution in [0.15, 0.2) is 17.7 Å². The minimum absolute atomic E-state index is 0.106. The Morgan fingerprint density at radius 1 is 1.26 bits per heavy atom. The van der Waals surface area contributed by atoms with Gasteiger partial charge < -0.3 is 10.1 Å². The molecule has 0 aromatic heterocycles. The molecule has 0 saturated carbocycles. The van der Waals surface area contributed by atoms with Gasteiger partial charge in [0.1, 0.15) is 12.4 Å². The third-order valence-electron chi connectivity index (χ3n) is 3.38. The first-order chi connectivity index (χ1) is 10.9. The van der Waals surface area contributed by atoms with Gasteiger partial charge >= 0.3 is 0 Å². The molecule has 1 aliphatic rings. The van der Waals surface area contributed by atoms with Crippen molar-refractivity contribution >= 4 is 39.3 Å². The normalized spacial score (nSPS) is 14.1. The average molecular weight is 379 g/mol. The molecule has 0 saturated heterocycles. The fourth-order valence-electron chi connectivity index (χ4n) is 2.16. The number of halogens is 2. The molecule has 0 fully saturated rings. The van der Waals surface area contributed by atoms with E-state index in [0.29, 0.717) is 42.0 Å². The molecule has 2 N–H and O–H groups in total. The SMILES string of the molecule is CCS(=O)(=O)NCCCNCC1=Cc2cc(Cl)cc(Cl)c2OC1. The minimum Gasteiger partial charge on any atom is -0.487 e. The van der Waals surface area contributed by atoms with Crippen molar-refractivity contribution in [1.82, 2.24) is 10.0 Å². The molecule has 128 valence electrons. The van der Waals surface area contributed by atoms with Gasteiger partial charge in [-0.05, 0) is 43.7 Å². The fraction of sp³-hybridized carbons (Fsp3) is 0.467. The standard InChI is InChI=1S/C15H20Cl2N2O3S/c1-2-23(20,21)19-5-3-4-18-9-11-6-12-7-13(16)8-14(17)15(12)22-10-11/h6-8,18-19H,2-5,9-10H2,1H3. The lowest BCUT2D eigenvalue weighted by molar-refractivity contribution is 0.343. The molecule has 0 radical (unpaired) electrons. The van der Waals surface area contributed by atoms with Gasteiger partial charge in [-0.15, -0.1) is 0 Å². The Morgan fingerprint density at radius 3 is 2.78 bits per heavy atom. The molecule has 0 bridgehead atoms. The lowest BCUT2D eigenvalue weighted by atomic mass is 10.1. The van der Waals surface area contributed by atoms with Gasteiger partial charge in [-0.1, -0.05) is 23.2 Å². The average Bonchev–Trinajstić information content (AvgIpc) is 2.50. The topological polar surface area (TPSA) is 67.4 Å². The van der Waals surface area contributed by atoms with E-state index in [2.05, 4.69) is 10.0 Å². The van der Waals surface area contributed by atoms with Crippen LogP contribution in [0.3, 0.4) is 0 Å². The molecule has 2 rings (SSSR count). The van der Waals surface area contributed by atoms with Crippen LogP contribution in [0.2, 0.25) is 10.0 Å². The van der Waals surface area contributed by atoms with Crippen LogP contribution in [0.5, 0.6) is 5.75 Å². The van der Waals surface area contributed by atoms with Crippen molar-refractivity contribution in [2.24, 2.45) is 0 Å². The van der Waals surface area contributed by atoms with Crippen LogP contribution in [-0.4, -0.2) is 40.4 Å². The zero-order valence-corrected chi connectivity index (χ0v) is 15.2. The zero-order valence-electron chi connectivity index (χ0n) is 12.9. The van der Waals surface area contributed by atoms with E-state index in [4.69, 9.17) is 27.9 Å². The number of fused-ring (bicyclic) bond motifs is 1. The van der Waals surface area contributed by atoms with E-state index in [9.17, 15) is 8.42 Å². The van der Waals surface area contributed by atoms with Gasteiger partial charge in [-0.3, -0.25) is 0 Å². The van der Waals surface area contributed by atoms with Gasteiger partial charge in [0.15, 0.2) is 0 Å². The number of nitrogens with one attached hydrogen (secondary N) is 2. The molecule has 1 aromatic carbocycles. The summed E-state index contributed by atoms with van der Waals surface area (Å²) in [5.74, 6) is 0.767. The summed E-state index contributed by atoms with van der Waals surface area (Å²) in [6.07, 6.45) is 2.74. The van der Waals surface area contributed by atoms with Crippen LogP contribution >= 0.6 is 23.2 Å². The molecule has 0 aliphatic carbocycles. The Balaban J connectivity index is 1.78. The van der Waals surface area contributed by atoms with E-state index in [1.165, 1.54) is 0 Å². The second-order valence-electron chi connectivity index (χ2n) is 5.23. The van der Waals surface area contributed by atoms with E-state index in [-0.39, 0.29) is 5.75 Å². The summed E-state index contributed by atoms with van der Waals surface area (Å²) in [7, 11) is -3.10. The minimum atomic E-state index is -3.10. The van der Waals surface area contributed by atoms with E-state index in [0.717, 1.165) is 17.6 Å². The second kappa shape index (κ2) is 8.35. The quantitative estimate of drug-likeness (QED) is 0.682. The first-order valence-corrected chi connectivity index (χ1v) is 9.81. The van der Waals surface area contributed by atoms with Gasteiger partial charge in [0.05, 0.1) is 10.8 Å². The van der Waals surface area contributed by atoms with Crippen molar-refractivity contribution < 1.29 is 13.2 Å². The van der Waals surface area contributed by atoms with E-state index >= 15 is 0 Å². The van der Waals surface area contributed by atoms with Gasteiger partial charge in [0.25, 0.3) is 0 Å². The van der Waals surface area contributed by atoms with Gasteiger partial charge in [-0.25, -0.2) is 13.1 Å². The smallest absolute Gasteiger partial charge is 0.211 e. The van der Waals surface area contributed by atoms with Crippen LogP contribution in [-0.2, 0) is 10.0 Å². The van der Waals surface area contributed by atoms with E-state index in [1.807, 2.05) is 12.1 Å². The van der Waals surface area contributed by atoms with E-state index < -0.39 is 10.0 Å². The predicted octanol–water partition coefficient (Wildman–Crippen LogP) is 2.69. The summed E-state index contributed by atoms with van der Waals surface area (Å²) in [5.41, 5.74) is 1.96. The Bertz CT molecular complexity index is 690. The summed E-state index contributed by atoms with van der Waals surface area (Å²) in [5, 5.41) is 4.36. The summed E-state index contributed by atoms with van der Waals surface area (Å²) < 4.78 is 30.7. The third kappa shape index (κ3) is 5.65. The molecule has 0 amide bonds. The van der Waals surface area contributed by atoms with Crippen LogP contribution in [0.1, 0.15) is 18.9 Å². The molecule has 0 unspecified atom stereocenters. The van der Waals surface area contributed by atoms with Gasteiger partial charge in [0, 0.05) is 23.7 Å². The predicted molar refractivity (Wildman–Crippen MR) is 94.9 cm³/mol. The van der Waals surface area contributed by atoms with Crippen molar-refractivity contribution in [3.63, 3.8) is 0 Å². The molecule has 1 aromatic rings. The maximum Gasteiger partial charge on any atom is 0.211 e. The van der Waals surface area contributed by atoms with Crippen LogP contribution in [0.4, 0.5) is 0 Å². The lowest BCUT2D eigenvalue weighted by Crippen LogP contribution is -2.29. The van der Waals surface area contributed by atoms with Crippen molar-refractivity contribution in [1.29, 1.82) is 0 Å². The lowest BCUT2D eigenvalue weighted by Gasteiger charge is -2.19. The van der Waals surface area contributed by atoms with Crippen LogP contribution in [0.25, 0.3) is 6.08 Å². The van der Waals surface area contributed by atoms with Crippen molar-refractivity contribution in [2.45, 2.75) is 13.3 Å². The molecule has 1 heterocycles. The molecule has 23 heavy (non-hydrogen) atoms. The number of hydrogen-bond acceptors (Lipinski definition) is 4. The van der Waals surface area contributed by atoms with Crippen molar-refractivity contribution in [3.8, 4) is 5.75 Å². The van der Waals surface area contributed by atoms with Crippen molar-refractivity contribution in [2.75, 3.05) is 32.0 Å². The molecular formula is C15H20Cl2N2O3S. The molecule has 0 atom stereocenters. The number of ether oxygens (including phenoxy) is 1. The maximum absolute atomic E-state index is 11.3. The first-order valence-electron chi connectivity index (χ1n) is 7.40. The largest absolute Gasteiger partial charge is 0.487 e. The first kappa shape index (κ1) is 18.5. The Labute approximate surface area is 147 Å². The Kier molecular flexibility index (Phi) is 6.73. The summed E-state index contributed by atoms with van der Waals surface area (Å²) >= 11 is 12.1. The van der Waals surface area contributed by atoms with Crippen LogP contribution in [0, 0.1) is 0 Å². The highest BCUT2D eigenvalue weighted by Crippen LogP contribution is 2.36. The second-order valence-corrected chi connectivity index (χ2v) is 8.16. The number of sulfonamides is 1. The summed E-state index contributed by atoms with van der Waals surface area (Å²) in [6.45, 7) is 3.92. The highest BCUT2D eigenvalue weighted by Gasteiger charge is 2.15. The highest BCUT2D eigenvalue weighted by molar-refractivity contribution is 7.89. The number of hydrogen-bond donors (Lipinski definition) is 2. The van der Waals surface area contributed by atoms with Crippen LogP contribution < -0.4 is 14.8 Å². The molecule has 8 heteroatoms. The Hall–Kier alpha value is -0.790. The maximum atomic E-state index is 11.3. The van der Waals surface area contributed by atoms with Gasteiger partial charge in [0.2, 0.25) is 10.0 Å². The summed E-state index contributed by atoms with van der Waals surface area (Å²) in [6, 6.07) is 3.48. The molecule has 0 spiro atoms. The number of rotatable bonds is 8. The summed E-state index contributed by atoms with van der Waals surface area (Å²) in [4.78, 5) is 0. The number of benzene rings is 1. The molecule has 1 aliphatic heterocycles. The van der Waals surface area contributed by atoms with Gasteiger partial charge in [-0.2, -0.15) is 0 Å². The molecular weight excluding hydrogens is 359 g/mol. The van der Waals surface area contributed by atoms with E-state index in [1.54, 1.807) is 13.0 Å². The Morgan fingerprint density at radius 2 is 2.04 bits per heavy atom. The third-order valence-corrected chi connectivity index (χ3v) is 5.29. The zero-order chi connectivity index (χ0) is 16.9.